The third-order valence-electron chi connectivity index (χ3n) is 7.24. The van der Waals surface area contributed by atoms with Gasteiger partial charge in [-0.3, -0.25) is 0 Å². The summed E-state index contributed by atoms with van der Waals surface area (Å²) in [5.41, 5.74) is 8.40. The van der Waals surface area contributed by atoms with Gasteiger partial charge in [0.05, 0.1) is 38.0 Å². The fourth-order valence-corrected chi connectivity index (χ4v) is 4.64. The van der Waals surface area contributed by atoms with Crippen LogP contribution < -0.4 is 0 Å². The molecule has 0 N–H and O–H groups in total. The summed E-state index contributed by atoms with van der Waals surface area (Å²) in [7, 11) is 4.15. The minimum Gasteiger partial charge on any atom is -0.465 e. The summed E-state index contributed by atoms with van der Waals surface area (Å²) in [6.07, 6.45) is 0. The lowest BCUT2D eigenvalue weighted by Gasteiger charge is -2.02. The number of rotatable bonds is 6. The van der Waals surface area contributed by atoms with E-state index in [4.69, 9.17) is 0 Å². The van der Waals surface area contributed by atoms with Gasteiger partial charge in [-0.2, -0.15) is 9.90 Å². The van der Waals surface area contributed by atoms with E-state index < -0.39 is 0 Å². The molecular formula is C42H39O6P. The van der Waals surface area contributed by atoms with Gasteiger partial charge in [0, 0.05) is 0 Å². The molecule has 49 heavy (non-hydrogen) atoms. The minimum atomic E-state index is -0.306. The molecule has 0 amide bonds. The van der Waals surface area contributed by atoms with Crippen LogP contribution in [0.4, 0.5) is 0 Å². The molecule has 0 aliphatic rings. The first-order chi connectivity index (χ1) is 23.4. The maximum Gasteiger partial charge on any atom is 0.337 e. The maximum atomic E-state index is 11.2. The number of hydrogen-bond donors (Lipinski definition) is 0. The molecule has 0 aliphatic carbocycles. The second-order valence-electron chi connectivity index (χ2n) is 10.3. The van der Waals surface area contributed by atoms with Crippen molar-refractivity contribution in [3.8, 4) is 33.4 Å². The van der Waals surface area contributed by atoms with Crippen LogP contribution in [-0.4, -0.2) is 39.2 Å². The molecule has 6 nitrogen and oxygen atoms in total. The van der Waals surface area contributed by atoms with Crippen molar-refractivity contribution in [3.05, 3.63) is 180 Å². The van der Waals surface area contributed by atoms with Gasteiger partial charge in [-0.25, -0.2) is 14.4 Å². The highest BCUT2D eigenvalue weighted by molar-refractivity contribution is 6.92. The molecule has 6 rings (SSSR count). The lowest BCUT2D eigenvalue weighted by Crippen LogP contribution is -2.00. The van der Waals surface area contributed by atoms with Gasteiger partial charge in [-0.15, -0.1) is 0 Å². The highest BCUT2D eigenvalue weighted by atomic mass is 31.0. The first kappa shape index (κ1) is 37.6. The third-order valence-corrected chi connectivity index (χ3v) is 7.24. The Balaban J connectivity index is 0.000000197. The SMILES string of the molecule is COC(=O)c1ccc(-c2ccccc2)cc1.COC(=O)c1ccc(-c2ccccc2)cc1.COC(=O)c1ccc(-c2ccccc2)cc1.P. The smallest absolute Gasteiger partial charge is 0.337 e. The average molecular weight is 671 g/mol. The zero-order chi connectivity index (χ0) is 34.1. The van der Waals surface area contributed by atoms with E-state index in [1.807, 2.05) is 127 Å². The van der Waals surface area contributed by atoms with E-state index in [-0.39, 0.29) is 27.8 Å². The Morgan fingerprint density at radius 2 is 0.490 bits per heavy atom. The van der Waals surface area contributed by atoms with E-state index in [2.05, 4.69) is 14.2 Å². The lowest BCUT2D eigenvalue weighted by atomic mass is 10.0. The van der Waals surface area contributed by atoms with Crippen LogP contribution in [0.25, 0.3) is 33.4 Å². The molecule has 6 aromatic carbocycles. The van der Waals surface area contributed by atoms with Gasteiger partial charge in [0.15, 0.2) is 0 Å². The fourth-order valence-electron chi connectivity index (χ4n) is 4.64. The molecule has 0 aliphatic heterocycles. The van der Waals surface area contributed by atoms with Crippen LogP contribution in [0.5, 0.6) is 0 Å². The monoisotopic (exact) mass is 670 g/mol. The molecule has 0 radical (unpaired) electrons. The number of hydrogen-bond acceptors (Lipinski definition) is 6. The number of esters is 3. The van der Waals surface area contributed by atoms with Gasteiger partial charge in [0.2, 0.25) is 0 Å². The van der Waals surface area contributed by atoms with Crippen LogP contribution in [0.2, 0.25) is 0 Å². The molecule has 0 bridgehead atoms. The highest BCUT2D eigenvalue weighted by Gasteiger charge is 2.06. The van der Waals surface area contributed by atoms with Crippen LogP contribution in [0.1, 0.15) is 31.1 Å². The van der Waals surface area contributed by atoms with Crippen molar-refractivity contribution < 1.29 is 28.6 Å². The van der Waals surface area contributed by atoms with Crippen LogP contribution in [0.3, 0.4) is 0 Å². The third kappa shape index (κ3) is 11.1. The van der Waals surface area contributed by atoms with Crippen molar-refractivity contribution in [1.82, 2.24) is 0 Å². The molecule has 0 spiro atoms. The summed E-state index contributed by atoms with van der Waals surface area (Å²) in [6.45, 7) is 0. The van der Waals surface area contributed by atoms with Gasteiger partial charge in [0.1, 0.15) is 0 Å². The fraction of sp³-hybridized carbons (Fsp3) is 0.0714. The molecular weight excluding hydrogens is 631 g/mol. The molecule has 0 aromatic heterocycles. The van der Waals surface area contributed by atoms with E-state index in [1.165, 1.54) is 21.3 Å². The van der Waals surface area contributed by atoms with E-state index in [9.17, 15) is 14.4 Å². The van der Waals surface area contributed by atoms with Crippen LogP contribution in [0.15, 0.2) is 164 Å². The molecule has 0 fully saturated rings. The van der Waals surface area contributed by atoms with Crippen LogP contribution >= 0.6 is 9.90 Å². The molecule has 6 aromatic rings. The summed E-state index contributed by atoms with van der Waals surface area (Å²) >= 11 is 0. The quantitative estimate of drug-likeness (QED) is 0.0998. The predicted octanol–water partition coefficient (Wildman–Crippen LogP) is 9.48. The summed E-state index contributed by atoms with van der Waals surface area (Å²) in [6, 6.07) is 52.2. The number of ether oxygens (including phenoxy) is 3. The van der Waals surface area contributed by atoms with E-state index in [1.54, 1.807) is 36.4 Å². The predicted molar refractivity (Wildman–Crippen MR) is 201 cm³/mol. The van der Waals surface area contributed by atoms with Crippen molar-refractivity contribution in [3.63, 3.8) is 0 Å². The van der Waals surface area contributed by atoms with Gasteiger partial charge in [0.25, 0.3) is 0 Å². The van der Waals surface area contributed by atoms with Crippen molar-refractivity contribution in [2.24, 2.45) is 0 Å². The summed E-state index contributed by atoms with van der Waals surface area (Å²) in [5.74, 6) is -0.918. The average Bonchev–Trinajstić information content (AvgIpc) is 3.18. The Bertz CT molecular complexity index is 1650. The number of carbonyl (C=O) groups excluding carboxylic acids is 3. The second-order valence-corrected chi connectivity index (χ2v) is 10.3. The first-order valence-corrected chi connectivity index (χ1v) is 15.1. The zero-order valence-corrected chi connectivity index (χ0v) is 29.2. The van der Waals surface area contributed by atoms with Crippen molar-refractivity contribution in [1.29, 1.82) is 0 Å². The summed E-state index contributed by atoms with van der Waals surface area (Å²) in [4.78, 5) is 33.7. The Kier molecular flexibility index (Phi) is 15.2. The normalized spacial score (nSPS) is 9.61. The largest absolute Gasteiger partial charge is 0.465 e. The van der Waals surface area contributed by atoms with Gasteiger partial charge in [-0.05, 0) is 69.8 Å². The Morgan fingerprint density at radius 1 is 0.306 bits per heavy atom. The molecule has 7 heteroatoms. The van der Waals surface area contributed by atoms with Crippen molar-refractivity contribution >= 4 is 27.8 Å². The topological polar surface area (TPSA) is 78.9 Å². The zero-order valence-electron chi connectivity index (χ0n) is 27.7. The summed E-state index contributed by atoms with van der Waals surface area (Å²) in [5, 5.41) is 0. The number of benzene rings is 6. The molecule has 0 saturated heterocycles. The molecule has 1 unspecified atom stereocenters. The number of methoxy groups -OCH3 is 3. The van der Waals surface area contributed by atoms with Crippen molar-refractivity contribution in [2.75, 3.05) is 21.3 Å². The molecule has 1 atom stereocenters. The van der Waals surface area contributed by atoms with Gasteiger partial charge in [-0.1, -0.05) is 127 Å². The van der Waals surface area contributed by atoms with Gasteiger partial charge < -0.3 is 14.2 Å². The van der Waals surface area contributed by atoms with E-state index in [0.717, 1.165) is 33.4 Å². The second kappa shape index (κ2) is 19.7. The minimum absolute atomic E-state index is 0. The number of carbonyl (C=O) groups is 3. The van der Waals surface area contributed by atoms with Crippen LogP contribution in [0, 0.1) is 0 Å². The highest BCUT2D eigenvalue weighted by Crippen LogP contribution is 2.21. The van der Waals surface area contributed by atoms with E-state index in [0.29, 0.717) is 16.7 Å². The lowest BCUT2D eigenvalue weighted by molar-refractivity contribution is 0.0592. The Morgan fingerprint density at radius 3 is 0.673 bits per heavy atom. The molecule has 0 heterocycles. The van der Waals surface area contributed by atoms with Gasteiger partial charge >= 0.3 is 17.9 Å². The van der Waals surface area contributed by atoms with Crippen molar-refractivity contribution in [2.45, 2.75) is 0 Å². The molecule has 0 saturated carbocycles. The first-order valence-electron chi connectivity index (χ1n) is 15.1. The van der Waals surface area contributed by atoms with Crippen LogP contribution in [-0.2, 0) is 14.2 Å². The Hall–Kier alpha value is -5.84. The Labute approximate surface area is 290 Å². The van der Waals surface area contributed by atoms with E-state index >= 15 is 0 Å². The maximum absolute atomic E-state index is 11.2. The molecule has 248 valence electrons. The standard InChI is InChI=1S/3C14H12O2.H3P/c3*1-16-14(15)13-9-7-12(8-10-13)11-5-3-2-4-6-11;/h3*2-10H,1H3;1H3. The summed E-state index contributed by atoms with van der Waals surface area (Å²) < 4.78 is 13.9.